The third-order valence-corrected chi connectivity index (χ3v) is 8.11. The number of benzene rings is 2. The number of aryl methyl sites for hydroxylation is 2. The van der Waals surface area contributed by atoms with Crippen LogP contribution in [-0.4, -0.2) is 58.2 Å². The van der Waals surface area contributed by atoms with Gasteiger partial charge in [0, 0.05) is 43.5 Å². The number of carbonyl (C=O) groups is 1. The van der Waals surface area contributed by atoms with E-state index in [9.17, 15) is 9.18 Å². The Bertz CT molecular complexity index is 1730. The molecule has 0 radical (unpaired) electrons. The molecule has 48 heavy (non-hydrogen) atoms. The number of anilines is 2. The van der Waals surface area contributed by atoms with E-state index in [4.69, 9.17) is 14.2 Å². The van der Waals surface area contributed by atoms with Gasteiger partial charge in [-0.25, -0.2) is 9.37 Å². The van der Waals surface area contributed by atoms with Gasteiger partial charge in [-0.3, -0.25) is 9.69 Å². The highest BCUT2D eigenvalue weighted by Crippen LogP contribution is 2.26. The van der Waals surface area contributed by atoms with Gasteiger partial charge in [-0.05, 0) is 62.1 Å². The van der Waals surface area contributed by atoms with Crippen molar-refractivity contribution < 1.29 is 23.4 Å². The van der Waals surface area contributed by atoms with E-state index in [2.05, 4.69) is 43.6 Å². The number of nitrogens with one attached hydrogen (secondary N) is 2. The standard InChI is InChI=1S/C37H43FN6O4/c1-5-44-25-39-21-30(44)22-40-34-20-28(11-10-27(3)46-4)12-14-33(34)41-35(45)23-43-17-15-31(16-18-43)48-37-8-6-7-36(42-37)47-24-29-13-9-26(2)19-32(29)38/h6-14,19-21,25,31,40H,3,5,15-18,22-24H2,1-2,4H3,(H,41,45)/b11-10+. The third kappa shape index (κ3) is 9.68. The lowest BCUT2D eigenvalue weighted by Crippen LogP contribution is -2.42. The summed E-state index contributed by atoms with van der Waals surface area (Å²) in [5.41, 5.74) is 4.80. The minimum absolute atomic E-state index is 0.0382. The molecule has 10 nitrogen and oxygen atoms in total. The van der Waals surface area contributed by atoms with Crippen molar-refractivity contribution in [2.24, 2.45) is 0 Å². The summed E-state index contributed by atoms with van der Waals surface area (Å²) in [5.74, 6) is 0.986. The first kappa shape index (κ1) is 34.2. The first-order valence-electron chi connectivity index (χ1n) is 16.1. The molecule has 3 heterocycles. The van der Waals surface area contributed by atoms with E-state index in [0.29, 0.717) is 48.4 Å². The first-order valence-corrected chi connectivity index (χ1v) is 16.1. The summed E-state index contributed by atoms with van der Waals surface area (Å²) in [6, 6.07) is 16.2. The van der Waals surface area contributed by atoms with E-state index >= 15 is 0 Å². The maximum absolute atomic E-state index is 14.2. The topological polar surface area (TPSA) is 103 Å². The molecule has 0 spiro atoms. The molecule has 1 saturated heterocycles. The number of aromatic nitrogens is 3. The monoisotopic (exact) mass is 654 g/mol. The molecule has 1 amide bonds. The summed E-state index contributed by atoms with van der Waals surface area (Å²) in [6.07, 6.45) is 8.82. The zero-order valence-corrected chi connectivity index (χ0v) is 27.7. The molecular weight excluding hydrogens is 611 g/mol. The SMILES string of the molecule is C=C(/C=C/c1ccc(NC(=O)CN2CCC(Oc3cccc(OCc4ccc(C)cc4F)n3)CC2)c(NCc2cncn2CC)c1)OC. The van der Waals surface area contributed by atoms with Crippen LogP contribution < -0.4 is 20.1 Å². The summed E-state index contributed by atoms with van der Waals surface area (Å²) < 4.78 is 33.3. The molecule has 2 aromatic heterocycles. The summed E-state index contributed by atoms with van der Waals surface area (Å²) in [4.78, 5) is 24.0. The van der Waals surface area contributed by atoms with Crippen LogP contribution in [0.2, 0.25) is 0 Å². The number of imidazole rings is 1. The van der Waals surface area contributed by atoms with Gasteiger partial charge in [-0.15, -0.1) is 0 Å². The molecule has 1 aliphatic rings. The molecule has 1 aliphatic heterocycles. The predicted molar refractivity (Wildman–Crippen MR) is 185 cm³/mol. The number of rotatable bonds is 15. The Kier molecular flexibility index (Phi) is 11.8. The van der Waals surface area contributed by atoms with Gasteiger partial charge in [-0.2, -0.15) is 4.98 Å². The second-order valence-corrected chi connectivity index (χ2v) is 11.7. The quantitative estimate of drug-likeness (QED) is 0.109. The fraction of sp³-hybridized carbons (Fsp3) is 0.324. The summed E-state index contributed by atoms with van der Waals surface area (Å²) in [5, 5.41) is 6.57. The number of piperidine rings is 1. The highest BCUT2D eigenvalue weighted by Gasteiger charge is 2.23. The van der Waals surface area contributed by atoms with Crippen LogP contribution in [0.5, 0.6) is 11.8 Å². The van der Waals surface area contributed by atoms with Gasteiger partial charge in [0.05, 0.1) is 43.6 Å². The largest absolute Gasteiger partial charge is 0.497 e. The zero-order valence-electron chi connectivity index (χ0n) is 27.7. The number of pyridine rings is 1. The summed E-state index contributed by atoms with van der Waals surface area (Å²) >= 11 is 0. The van der Waals surface area contributed by atoms with Crippen LogP contribution in [0.1, 0.15) is 42.1 Å². The van der Waals surface area contributed by atoms with Crippen LogP contribution in [0, 0.1) is 12.7 Å². The number of nitrogens with zero attached hydrogens (tertiary/aromatic N) is 4. The average Bonchev–Trinajstić information content (AvgIpc) is 3.55. The second kappa shape index (κ2) is 16.6. The molecular formula is C37H43FN6O4. The number of ether oxygens (including phenoxy) is 3. The van der Waals surface area contributed by atoms with Crippen molar-refractivity contribution in [3.8, 4) is 11.8 Å². The van der Waals surface area contributed by atoms with Gasteiger partial charge >= 0.3 is 0 Å². The van der Waals surface area contributed by atoms with E-state index < -0.39 is 0 Å². The number of methoxy groups -OCH3 is 1. The van der Waals surface area contributed by atoms with Gasteiger partial charge in [-0.1, -0.05) is 36.9 Å². The maximum atomic E-state index is 14.2. The van der Waals surface area contributed by atoms with Crippen LogP contribution >= 0.6 is 0 Å². The smallest absolute Gasteiger partial charge is 0.238 e. The minimum Gasteiger partial charge on any atom is -0.497 e. The van der Waals surface area contributed by atoms with Crippen LogP contribution in [-0.2, 0) is 29.2 Å². The lowest BCUT2D eigenvalue weighted by Gasteiger charge is -2.31. The molecule has 0 saturated carbocycles. The lowest BCUT2D eigenvalue weighted by atomic mass is 10.1. The van der Waals surface area contributed by atoms with Gasteiger partial charge < -0.3 is 29.4 Å². The number of hydrogen-bond acceptors (Lipinski definition) is 8. The normalized spacial score (nSPS) is 13.8. The number of allylic oxidation sites excluding steroid dienone is 1. The van der Waals surface area contributed by atoms with Gasteiger partial charge in [0.25, 0.3) is 0 Å². The number of likely N-dealkylation sites (tertiary alicyclic amines) is 1. The minimum atomic E-state index is -0.299. The molecule has 0 atom stereocenters. The van der Waals surface area contributed by atoms with Crippen LogP contribution in [0.3, 0.4) is 0 Å². The first-order chi connectivity index (χ1) is 23.3. The third-order valence-electron chi connectivity index (χ3n) is 8.11. The highest BCUT2D eigenvalue weighted by molar-refractivity contribution is 5.95. The van der Waals surface area contributed by atoms with Crippen molar-refractivity contribution in [2.45, 2.75) is 52.5 Å². The fourth-order valence-corrected chi connectivity index (χ4v) is 5.36. The molecule has 11 heteroatoms. The molecule has 0 unspecified atom stereocenters. The maximum Gasteiger partial charge on any atom is 0.238 e. The van der Waals surface area contributed by atoms with Crippen molar-refractivity contribution in [1.29, 1.82) is 0 Å². The summed E-state index contributed by atoms with van der Waals surface area (Å²) in [7, 11) is 1.58. The van der Waals surface area contributed by atoms with Crippen molar-refractivity contribution in [3.05, 3.63) is 114 Å². The Balaban J connectivity index is 1.13. The Morgan fingerprint density at radius 1 is 1.10 bits per heavy atom. The molecule has 2 N–H and O–H groups in total. The highest BCUT2D eigenvalue weighted by atomic mass is 19.1. The van der Waals surface area contributed by atoms with Crippen LogP contribution in [0.25, 0.3) is 6.08 Å². The Hall–Kier alpha value is -5.16. The van der Waals surface area contributed by atoms with E-state index in [1.54, 1.807) is 31.4 Å². The lowest BCUT2D eigenvalue weighted by molar-refractivity contribution is -0.117. The second-order valence-electron chi connectivity index (χ2n) is 11.7. The molecule has 1 fully saturated rings. The molecule has 252 valence electrons. The molecule has 2 aromatic carbocycles. The number of carbonyl (C=O) groups excluding carboxylic acids is 1. The number of halogens is 1. The van der Waals surface area contributed by atoms with Gasteiger partial charge in [0.1, 0.15) is 24.3 Å². The molecule has 4 aromatic rings. The van der Waals surface area contributed by atoms with Crippen molar-refractivity contribution >= 4 is 23.4 Å². The van der Waals surface area contributed by atoms with Crippen LogP contribution in [0.15, 0.2) is 85.5 Å². The molecule has 5 rings (SSSR count). The van der Waals surface area contributed by atoms with Crippen molar-refractivity contribution in [3.63, 3.8) is 0 Å². The van der Waals surface area contributed by atoms with Crippen molar-refractivity contribution in [1.82, 2.24) is 19.4 Å². The van der Waals surface area contributed by atoms with E-state index in [-0.39, 0.29) is 31.0 Å². The predicted octanol–water partition coefficient (Wildman–Crippen LogP) is 6.59. The van der Waals surface area contributed by atoms with E-state index in [1.807, 2.05) is 55.9 Å². The van der Waals surface area contributed by atoms with Gasteiger partial charge in [0.15, 0.2) is 0 Å². The fourth-order valence-electron chi connectivity index (χ4n) is 5.36. The van der Waals surface area contributed by atoms with Crippen LogP contribution in [0.4, 0.5) is 15.8 Å². The number of amides is 1. The zero-order chi connectivity index (χ0) is 33.9. The van der Waals surface area contributed by atoms with E-state index in [1.165, 1.54) is 6.07 Å². The summed E-state index contributed by atoms with van der Waals surface area (Å²) in [6.45, 7) is 10.9. The Labute approximate surface area is 281 Å². The van der Waals surface area contributed by atoms with E-state index in [0.717, 1.165) is 41.9 Å². The Morgan fingerprint density at radius 3 is 2.69 bits per heavy atom. The number of hydrogen-bond donors (Lipinski definition) is 2. The van der Waals surface area contributed by atoms with Gasteiger partial charge in [0.2, 0.25) is 17.7 Å². The molecule has 0 bridgehead atoms. The average molecular weight is 655 g/mol. The Morgan fingerprint density at radius 2 is 1.92 bits per heavy atom. The molecule has 0 aliphatic carbocycles. The van der Waals surface area contributed by atoms with Crippen molar-refractivity contribution in [2.75, 3.05) is 37.4 Å².